The van der Waals surface area contributed by atoms with Crippen molar-refractivity contribution in [2.45, 2.75) is 27.7 Å². The zero-order valence-corrected chi connectivity index (χ0v) is 11.3. The molecule has 0 radical (unpaired) electrons. The third-order valence-corrected chi connectivity index (χ3v) is 3.81. The number of rotatable bonds is 2. The number of ketones is 1. The van der Waals surface area contributed by atoms with E-state index in [1.807, 2.05) is 6.92 Å². The first-order valence-electron chi connectivity index (χ1n) is 5.55. The first-order valence-corrected chi connectivity index (χ1v) is 6.36. The molecule has 0 unspecified atom stereocenters. The highest BCUT2D eigenvalue weighted by atomic mass is 32.1. The molecule has 0 aliphatic rings. The molecule has 1 aromatic heterocycles. The van der Waals surface area contributed by atoms with Crippen molar-refractivity contribution in [3.8, 4) is 11.3 Å². The Balaban J connectivity index is 2.56. The van der Waals surface area contributed by atoms with Crippen molar-refractivity contribution in [2.75, 3.05) is 0 Å². The number of carbonyl (C=O) groups excluding carboxylic acids is 1. The summed E-state index contributed by atoms with van der Waals surface area (Å²) >= 11 is 1.47. The lowest BCUT2D eigenvalue weighted by Gasteiger charge is -2.04. The van der Waals surface area contributed by atoms with Gasteiger partial charge in [0.1, 0.15) is 0 Å². The molecule has 1 heterocycles. The predicted octanol–water partition coefficient (Wildman–Crippen LogP) is 3.94. The van der Waals surface area contributed by atoms with Crippen LogP contribution in [-0.2, 0) is 0 Å². The van der Waals surface area contributed by atoms with Crippen molar-refractivity contribution < 1.29 is 4.79 Å². The molecule has 2 nitrogen and oxygen atoms in total. The molecule has 0 aliphatic heterocycles. The van der Waals surface area contributed by atoms with E-state index < -0.39 is 0 Å². The van der Waals surface area contributed by atoms with E-state index in [4.69, 9.17) is 0 Å². The Morgan fingerprint density at radius 2 is 1.94 bits per heavy atom. The molecule has 0 amide bonds. The lowest BCUT2D eigenvalue weighted by Crippen LogP contribution is -1.91. The SMILES string of the molecule is CC(=O)c1nc(-c2ccc(C)cc2C)c(C)s1. The monoisotopic (exact) mass is 245 g/mol. The van der Waals surface area contributed by atoms with E-state index in [0.29, 0.717) is 5.01 Å². The Morgan fingerprint density at radius 1 is 1.24 bits per heavy atom. The highest BCUT2D eigenvalue weighted by Crippen LogP contribution is 2.30. The first kappa shape index (κ1) is 12.0. The average Bonchev–Trinajstić information content (AvgIpc) is 2.61. The Hall–Kier alpha value is -1.48. The Bertz CT molecular complexity index is 584. The van der Waals surface area contributed by atoms with Crippen molar-refractivity contribution in [3.63, 3.8) is 0 Å². The molecular weight excluding hydrogens is 230 g/mol. The molecule has 2 aromatic rings. The van der Waals surface area contributed by atoms with E-state index in [9.17, 15) is 4.79 Å². The van der Waals surface area contributed by atoms with Crippen molar-refractivity contribution in [1.82, 2.24) is 4.98 Å². The van der Waals surface area contributed by atoms with Crippen LogP contribution in [0.1, 0.15) is 32.7 Å². The van der Waals surface area contributed by atoms with Gasteiger partial charge in [-0.05, 0) is 26.3 Å². The molecule has 0 bridgehead atoms. The molecule has 0 saturated heterocycles. The molecule has 0 atom stereocenters. The maximum Gasteiger partial charge on any atom is 0.188 e. The number of benzene rings is 1. The third-order valence-electron chi connectivity index (χ3n) is 2.73. The smallest absolute Gasteiger partial charge is 0.188 e. The lowest BCUT2D eigenvalue weighted by atomic mass is 10.0. The molecule has 17 heavy (non-hydrogen) atoms. The summed E-state index contributed by atoms with van der Waals surface area (Å²) in [5.74, 6) is 0.0362. The normalized spacial score (nSPS) is 10.6. The Labute approximate surface area is 105 Å². The summed E-state index contributed by atoms with van der Waals surface area (Å²) in [7, 11) is 0. The minimum Gasteiger partial charge on any atom is -0.292 e. The van der Waals surface area contributed by atoms with Gasteiger partial charge in [-0.15, -0.1) is 11.3 Å². The first-order chi connectivity index (χ1) is 7.99. The second-order valence-corrected chi connectivity index (χ2v) is 5.50. The van der Waals surface area contributed by atoms with Crippen LogP contribution in [0.25, 0.3) is 11.3 Å². The van der Waals surface area contributed by atoms with Crippen LogP contribution in [0, 0.1) is 20.8 Å². The summed E-state index contributed by atoms with van der Waals surface area (Å²) in [6.07, 6.45) is 0. The topological polar surface area (TPSA) is 30.0 Å². The van der Waals surface area contributed by atoms with Gasteiger partial charge in [0.15, 0.2) is 10.8 Å². The summed E-state index contributed by atoms with van der Waals surface area (Å²) in [6.45, 7) is 7.73. The van der Waals surface area contributed by atoms with E-state index in [1.54, 1.807) is 6.92 Å². The number of nitrogens with zero attached hydrogens (tertiary/aromatic N) is 1. The summed E-state index contributed by atoms with van der Waals surface area (Å²) in [6, 6.07) is 6.30. The Kier molecular flexibility index (Phi) is 3.11. The largest absolute Gasteiger partial charge is 0.292 e. The minimum atomic E-state index is 0.0362. The van der Waals surface area contributed by atoms with Crippen LogP contribution in [-0.4, -0.2) is 10.8 Å². The van der Waals surface area contributed by atoms with E-state index in [2.05, 4.69) is 37.0 Å². The van der Waals surface area contributed by atoms with Gasteiger partial charge in [0, 0.05) is 17.4 Å². The highest BCUT2D eigenvalue weighted by molar-refractivity contribution is 7.14. The number of aromatic nitrogens is 1. The van der Waals surface area contributed by atoms with Crippen LogP contribution >= 0.6 is 11.3 Å². The molecule has 2 rings (SSSR count). The number of hydrogen-bond acceptors (Lipinski definition) is 3. The molecule has 0 spiro atoms. The van der Waals surface area contributed by atoms with E-state index >= 15 is 0 Å². The van der Waals surface area contributed by atoms with Crippen molar-refractivity contribution in [2.24, 2.45) is 0 Å². The third kappa shape index (κ3) is 2.29. The van der Waals surface area contributed by atoms with Crippen LogP contribution in [0.3, 0.4) is 0 Å². The standard InChI is InChI=1S/C14H15NOS/c1-8-5-6-12(9(2)7-8)13-11(4)17-14(15-13)10(3)16/h5-7H,1-4H3. The Morgan fingerprint density at radius 3 is 2.47 bits per heavy atom. The predicted molar refractivity (Wildman–Crippen MR) is 71.8 cm³/mol. The lowest BCUT2D eigenvalue weighted by molar-refractivity contribution is 0.101. The fourth-order valence-corrected chi connectivity index (χ4v) is 2.70. The fourth-order valence-electron chi connectivity index (χ4n) is 1.88. The molecule has 1 aromatic carbocycles. The zero-order chi connectivity index (χ0) is 12.6. The molecule has 0 aliphatic carbocycles. The average molecular weight is 245 g/mol. The van der Waals surface area contributed by atoms with E-state index in [1.165, 1.54) is 22.5 Å². The van der Waals surface area contributed by atoms with Crippen LogP contribution in [0.5, 0.6) is 0 Å². The van der Waals surface area contributed by atoms with Crippen LogP contribution in [0.4, 0.5) is 0 Å². The van der Waals surface area contributed by atoms with Gasteiger partial charge < -0.3 is 0 Å². The van der Waals surface area contributed by atoms with Crippen molar-refractivity contribution >= 4 is 17.1 Å². The molecular formula is C14H15NOS. The summed E-state index contributed by atoms with van der Waals surface area (Å²) < 4.78 is 0. The van der Waals surface area contributed by atoms with Gasteiger partial charge in [-0.25, -0.2) is 4.98 Å². The summed E-state index contributed by atoms with van der Waals surface area (Å²) in [5.41, 5.74) is 4.51. The second-order valence-electron chi connectivity index (χ2n) is 4.30. The number of thiazole rings is 1. The summed E-state index contributed by atoms with van der Waals surface area (Å²) in [5, 5.41) is 0.595. The maximum absolute atomic E-state index is 11.3. The van der Waals surface area contributed by atoms with Gasteiger partial charge in [0.25, 0.3) is 0 Å². The molecule has 0 saturated carbocycles. The van der Waals surface area contributed by atoms with Gasteiger partial charge in [-0.2, -0.15) is 0 Å². The highest BCUT2D eigenvalue weighted by Gasteiger charge is 2.13. The molecule has 88 valence electrons. The number of hydrogen-bond donors (Lipinski definition) is 0. The quantitative estimate of drug-likeness (QED) is 0.750. The molecule has 0 N–H and O–H groups in total. The van der Waals surface area contributed by atoms with Crippen molar-refractivity contribution in [3.05, 3.63) is 39.2 Å². The van der Waals surface area contributed by atoms with E-state index in [0.717, 1.165) is 16.1 Å². The maximum atomic E-state index is 11.3. The van der Waals surface area contributed by atoms with Gasteiger partial charge >= 0.3 is 0 Å². The van der Waals surface area contributed by atoms with Crippen LogP contribution in [0.15, 0.2) is 18.2 Å². The number of aryl methyl sites for hydroxylation is 3. The van der Waals surface area contributed by atoms with Crippen LogP contribution in [0.2, 0.25) is 0 Å². The number of carbonyl (C=O) groups is 1. The van der Waals surface area contributed by atoms with E-state index in [-0.39, 0.29) is 5.78 Å². The fraction of sp³-hybridized carbons (Fsp3) is 0.286. The van der Waals surface area contributed by atoms with Gasteiger partial charge in [0.05, 0.1) is 5.69 Å². The second kappa shape index (κ2) is 4.41. The van der Waals surface area contributed by atoms with Crippen molar-refractivity contribution in [1.29, 1.82) is 0 Å². The van der Waals surface area contributed by atoms with Crippen LogP contribution < -0.4 is 0 Å². The van der Waals surface area contributed by atoms with Gasteiger partial charge in [-0.1, -0.05) is 23.8 Å². The number of Topliss-reactive ketones (excluding diaryl/α,β-unsaturated/α-hetero) is 1. The van der Waals surface area contributed by atoms with Gasteiger partial charge in [0.2, 0.25) is 0 Å². The van der Waals surface area contributed by atoms with Gasteiger partial charge in [-0.3, -0.25) is 4.79 Å². The molecule has 3 heteroatoms. The minimum absolute atomic E-state index is 0.0362. The summed E-state index contributed by atoms with van der Waals surface area (Å²) in [4.78, 5) is 16.9. The molecule has 0 fully saturated rings. The zero-order valence-electron chi connectivity index (χ0n) is 10.5.